The van der Waals surface area contributed by atoms with Crippen molar-refractivity contribution in [2.45, 2.75) is 17.9 Å². The van der Waals surface area contributed by atoms with Gasteiger partial charge in [-0.05, 0) is 6.92 Å². The van der Waals surface area contributed by atoms with Crippen molar-refractivity contribution < 1.29 is 13.2 Å². The van der Waals surface area contributed by atoms with Gasteiger partial charge in [0.25, 0.3) is 0 Å². The summed E-state index contributed by atoms with van der Waals surface area (Å²) in [4.78, 5) is -0.538. The molecule has 7 heteroatoms. The molecule has 0 aliphatic carbocycles. The molecule has 2 nitrogen and oxygen atoms in total. The van der Waals surface area contributed by atoms with E-state index in [-0.39, 0.29) is 11.4 Å². The van der Waals surface area contributed by atoms with E-state index in [1.165, 1.54) is 11.7 Å². The summed E-state index contributed by atoms with van der Waals surface area (Å²) in [5, 5.41) is 3.45. The Morgan fingerprint density at radius 3 is 2.47 bits per heavy atom. The normalized spacial score (nSPS) is 14.3. The minimum atomic E-state index is -4.45. The first-order valence-corrected chi connectivity index (χ1v) is 5.54. The lowest BCUT2D eigenvalue weighted by Gasteiger charge is -2.10. The Morgan fingerprint density at radius 1 is 1.53 bits per heavy atom. The molecule has 1 aromatic heterocycles. The van der Waals surface area contributed by atoms with Crippen molar-refractivity contribution >= 4 is 27.5 Å². The zero-order valence-corrected chi connectivity index (χ0v) is 10.4. The number of nitrogens with zero attached hydrogens (tertiary/aromatic N) is 2. The van der Waals surface area contributed by atoms with Gasteiger partial charge in [-0.15, -0.1) is 11.6 Å². The molecule has 0 aliphatic rings. The van der Waals surface area contributed by atoms with Crippen LogP contribution in [0.3, 0.4) is 0 Å². The molecule has 15 heavy (non-hydrogen) atoms. The minimum absolute atomic E-state index is 0.0651. The van der Waals surface area contributed by atoms with E-state index in [9.17, 15) is 13.2 Å². The second kappa shape index (κ2) is 4.33. The van der Waals surface area contributed by atoms with Gasteiger partial charge in [0.1, 0.15) is 0 Å². The van der Waals surface area contributed by atoms with Gasteiger partial charge in [-0.2, -0.15) is 18.3 Å². The highest BCUT2D eigenvalue weighted by atomic mass is 79.9. The van der Waals surface area contributed by atoms with Gasteiger partial charge in [-0.1, -0.05) is 15.9 Å². The highest BCUT2D eigenvalue weighted by molar-refractivity contribution is 9.09. The second-order valence-electron chi connectivity index (χ2n) is 3.09. The van der Waals surface area contributed by atoms with Crippen LogP contribution in [-0.2, 0) is 13.2 Å². The van der Waals surface area contributed by atoms with Crippen molar-refractivity contribution in [3.63, 3.8) is 0 Å². The number of alkyl halides is 5. The number of hydrogen-bond donors (Lipinski definition) is 0. The first-order valence-electron chi connectivity index (χ1n) is 4.09. The molecule has 1 aromatic rings. The smallest absolute Gasteiger partial charge is 0.272 e. The maximum absolute atomic E-state index is 12.6. The largest absolute Gasteiger partial charge is 0.435 e. The van der Waals surface area contributed by atoms with Crippen LogP contribution in [0.25, 0.3) is 0 Å². The summed E-state index contributed by atoms with van der Waals surface area (Å²) in [6.45, 7) is 1.58. The molecule has 0 bridgehead atoms. The molecule has 0 fully saturated rings. The van der Waals surface area contributed by atoms with Crippen molar-refractivity contribution in [3.8, 4) is 0 Å². The topological polar surface area (TPSA) is 17.8 Å². The van der Waals surface area contributed by atoms with Gasteiger partial charge < -0.3 is 0 Å². The Bertz CT molecular complexity index is 362. The maximum atomic E-state index is 12.6. The molecule has 0 amide bonds. The lowest BCUT2D eigenvalue weighted by molar-refractivity contribution is -0.142. The first-order chi connectivity index (χ1) is 6.79. The van der Waals surface area contributed by atoms with E-state index < -0.39 is 16.7 Å². The lowest BCUT2D eigenvalue weighted by Crippen LogP contribution is -2.10. The quantitative estimate of drug-likeness (QED) is 0.766. The molecule has 1 atom stereocenters. The molecule has 1 rings (SSSR count). The van der Waals surface area contributed by atoms with Crippen LogP contribution < -0.4 is 0 Å². The highest BCUT2D eigenvalue weighted by Gasteiger charge is 2.39. The Kier molecular flexibility index (Phi) is 3.71. The number of rotatable bonds is 2. The number of halogens is 5. The van der Waals surface area contributed by atoms with Crippen LogP contribution in [0.15, 0.2) is 0 Å². The second-order valence-corrected chi connectivity index (χ2v) is 4.50. The summed E-state index contributed by atoms with van der Waals surface area (Å²) in [7, 11) is 1.47. The maximum Gasteiger partial charge on any atom is 0.435 e. The van der Waals surface area contributed by atoms with Crippen LogP contribution in [0, 0.1) is 6.92 Å². The molecule has 0 saturated heterocycles. The van der Waals surface area contributed by atoms with Gasteiger partial charge in [0, 0.05) is 24.2 Å². The van der Waals surface area contributed by atoms with E-state index in [1.54, 1.807) is 6.92 Å². The Hall–Kier alpha value is -0.230. The fraction of sp³-hybridized carbons (Fsp3) is 0.625. The van der Waals surface area contributed by atoms with Crippen molar-refractivity contribution in [1.82, 2.24) is 9.78 Å². The molecule has 1 heterocycles. The van der Waals surface area contributed by atoms with E-state index in [4.69, 9.17) is 11.6 Å². The highest BCUT2D eigenvalue weighted by Crippen LogP contribution is 2.38. The average molecular weight is 306 g/mol. The molecule has 0 N–H and O–H groups in total. The summed E-state index contributed by atoms with van der Waals surface area (Å²) in [5.41, 5.74) is -0.296. The molecule has 86 valence electrons. The van der Waals surface area contributed by atoms with Gasteiger partial charge in [-0.3, -0.25) is 4.68 Å². The Morgan fingerprint density at radius 2 is 2.07 bits per heavy atom. The molecule has 1 unspecified atom stereocenters. The fourth-order valence-corrected chi connectivity index (χ4v) is 1.99. The predicted molar refractivity (Wildman–Crippen MR) is 55.3 cm³/mol. The predicted octanol–water partition coefficient (Wildman–Crippen LogP) is 3.42. The summed E-state index contributed by atoms with van der Waals surface area (Å²) in [5.74, 6) is 0.0651. The third kappa shape index (κ3) is 2.47. The van der Waals surface area contributed by atoms with Crippen molar-refractivity contribution in [3.05, 3.63) is 17.0 Å². The number of aryl methyl sites for hydroxylation is 1. The Labute approximate surface area is 98.5 Å². The van der Waals surface area contributed by atoms with Gasteiger partial charge in [0.05, 0.1) is 4.83 Å². The zero-order chi connectivity index (χ0) is 11.8. The number of aromatic nitrogens is 2. The minimum Gasteiger partial charge on any atom is -0.272 e. The van der Waals surface area contributed by atoms with Crippen LogP contribution in [0.2, 0.25) is 0 Å². The first kappa shape index (κ1) is 12.8. The van der Waals surface area contributed by atoms with E-state index >= 15 is 0 Å². The summed E-state index contributed by atoms with van der Waals surface area (Å²) in [6.07, 6.45) is -4.45. The summed E-state index contributed by atoms with van der Waals surface area (Å²) in [6, 6.07) is 0. The van der Waals surface area contributed by atoms with Crippen LogP contribution in [0.1, 0.15) is 21.8 Å². The van der Waals surface area contributed by atoms with E-state index in [0.717, 1.165) is 0 Å². The Balaban J connectivity index is 3.34. The molecular weight excluding hydrogens is 296 g/mol. The fourth-order valence-electron chi connectivity index (χ4n) is 1.29. The monoisotopic (exact) mass is 304 g/mol. The van der Waals surface area contributed by atoms with Gasteiger partial charge in [0.2, 0.25) is 0 Å². The van der Waals surface area contributed by atoms with Crippen LogP contribution in [-0.4, -0.2) is 15.7 Å². The van der Waals surface area contributed by atoms with Gasteiger partial charge in [-0.25, -0.2) is 0 Å². The average Bonchev–Trinajstić information content (AvgIpc) is 2.42. The van der Waals surface area contributed by atoms with Crippen molar-refractivity contribution in [1.29, 1.82) is 0 Å². The molecular formula is C8H9BrClF3N2. The lowest BCUT2D eigenvalue weighted by atomic mass is 10.1. The zero-order valence-electron chi connectivity index (χ0n) is 8.07. The summed E-state index contributed by atoms with van der Waals surface area (Å²) < 4.78 is 39.0. The standard InChI is InChI=1S/C8H9BrClF3N2/c1-4-6(5(9)3-10)7(8(11,12)13)14-15(4)2/h5H,3H2,1-2H3. The van der Waals surface area contributed by atoms with Crippen LogP contribution in [0.5, 0.6) is 0 Å². The van der Waals surface area contributed by atoms with Gasteiger partial charge in [0.15, 0.2) is 5.69 Å². The van der Waals surface area contributed by atoms with Gasteiger partial charge >= 0.3 is 6.18 Å². The third-order valence-corrected chi connectivity index (χ3v) is 3.56. The van der Waals surface area contributed by atoms with Crippen molar-refractivity contribution in [2.24, 2.45) is 7.05 Å². The van der Waals surface area contributed by atoms with E-state index in [2.05, 4.69) is 21.0 Å². The van der Waals surface area contributed by atoms with Crippen LogP contribution in [0.4, 0.5) is 13.2 Å². The summed E-state index contributed by atoms with van der Waals surface area (Å²) >= 11 is 8.65. The molecule has 0 spiro atoms. The van der Waals surface area contributed by atoms with Crippen molar-refractivity contribution in [2.75, 3.05) is 5.88 Å². The molecule has 0 radical (unpaired) electrons. The van der Waals surface area contributed by atoms with E-state index in [0.29, 0.717) is 5.69 Å². The van der Waals surface area contributed by atoms with E-state index in [1.807, 2.05) is 0 Å². The third-order valence-electron chi connectivity index (χ3n) is 2.10. The van der Waals surface area contributed by atoms with Crippen LogP contribution >= 0.6 is 27.5 Å². The molecule has 0 saturated carbocycles. The SMILES string of the molecule is Cc1c(C(Br)CCl)c(C(F)(F)F)nn1C. The molecule has 0 aliphatic heterocycles. The molecule has 0 aromatic carbocycles. The number of hydrogen-bond acceptors (Lipinski definition) is 1.